The number of carbonyl (C=O) groups is 2. The Hall–Kier alpha value is -2.64. The molecule has 0 bridgehead atoms. The first-order valence-electron chi connectivity index (χ1n) is 6.66. The molecule has 1 saturated heterocycles. The van der Waals surface area contributed by atoms with E-state index < -0.39 is 29.3 Å². The van der Waals surface area contributed by atoms with E-state index in [0.717, 1.165) is 6.07 Å². The van der Waals surface area contributed by atoms with Gasteiger partial charge in [-0.05, 0) is 6.07 Å². The van der Waals surface area contributed by atoms with E-state index in [9.17, 15) is 18.4 Å². The van der Waals surface area contributed by atoms with Crippen LogP contribution in [0.15, 0.2) is 29.7 Å². The molecular weight excluding hydrogens is 312 g/mol. The summed E-state index contributed by atoms with van der Waals surface area (Å²) in [7, 11) is 1.18. The summed E-state index contributed by atoms with van der Waals surface area (Å²) in [5.74, 6) is -5.11. The van der Waals surface area contributed by atoms with E-state index in [4.69, 9.17) is 14.2 Å². The van der Waals surface area contributed by atoms with Crippen LogP contribution in [0.5, 0.6) is 0 Å². The van der Waals surface area contributed by atoms with Crippen molar-refractivity contribution >= 4 is 11.9 Å². The van der Waals surface area contributed by atoms with Crippen molar-refractivity contribution in [3.05, 3.63) is 46.9 Å². The first-order valence-corrected chi connectivity index (χ1v) is 6.66. The zero-order valence-corrected chi connectivity index (χ0v) is 12.7. The van der Waals surface area contributed by atoms with Crippen LogP contribution in [0.25, 0.3) is 0 Å². The van der Waals surface area contributed by atoms with Gasteiger partial charge in [-0.3, -0.25) is 4.79 Å². The molecule has 0 radical (unpaired) electrons. The van der Waals surface area contributed by atoms with Gasteiger partial charge in [0.05, 0.1) is 7.11 Å². The summed E-state index contributed by atoms with van der Waals surface area (Å²) in [4.78, 5) is 23.8. The molecule has 1 aromatic rings. The van der Waals surface area contributed by atoms with Gasteiger partial charge in [-0.25, -0.2) is 13.6 Å². The number of esters is 1. The number of nitrogens with one attached hydrogen (secondary N) is 1. The van der Waals surface area contributed by atoms with Gasteiger partial charge in [0.25, 0.3) is 11.7 Å². The Bertz CT molecular complexity index is 684. The van der Waals surface area contributed by atoms with Crippen LogP contribution in [0.3, 0.4) is 0 Å². The Morgan fingerprint density at radius 3 is 2.52 bits per heavy atom. The van der Waals surface area contributed by atoms with Crippen LogP contribution in [0, 0.1) is 11.6 Å². The molecular formula is C15H15F2NO5. The van der Waals surface area contributed by atoms with Crippen LogP contribution in [-0.2, 0) is 30.3 Å². The van der Waals surface area contributed by atoms with E-state index in [1.165, 1.54) is 27.0 Å². The highest BCUT2D eigenvalue weighted by atomic mass is 19.1. The quantitative estimate of drug-likeness (QED) is 0.518. The van der Waals surface area contributed by atoms with Gasteiger partial charge in [0, 0.05) is 32.0 Å². The standard InChI is InChI=1S/C15H15F2NO5/c1-15(2)22-12(14(20)23-15)11(21-3)13(19)18-7-8-4-5-9(16)6-10(8)17/h4-6H,7H2,1-3H3,(H,18,19). The lowest BCUT2D eigenvalue weighted by Crippen LogP contribution is -2.27. The molecule has 2 rings (SSSR count). The lowest BCUT2D eigenvalue weighted by Gasteiger charge is -2.15. The molecule has 1 fully saturated rings. The summed E-state index contributed by atoms with van der Waals surface area (Å²) < 4.78 is 41.4. The topological polar surface area (TPSA) is 73.9 Å². The maximum atomic E-state index is 13.5. The Labute approximate surface area is 131 Å². The number of hydrogen-bond donors (Lipinski definition) is 1. The Morgan fingerprint density at radius 2 is 2.00 bits per heavy atom. The van der Waals surface area contributed by atoms with Gasteiger partial charge < -0.3 is 19.5 Å². The third-order valence-corrected chi connectivity index (χ3v) is 2.94. The molecule has 6 nitrogen and oxygen atoms in total. The second kappa shape index (κ2) is 6.23. The maximum absolute atomic E-state index is 13.5. The molecule has 0 aliphatic carbocycles. The van der Waals surface area contributed by atoms with Gasteiger partial charge in [-0.2, -0.15) is 0 Å². The molecule has 1 aromatic carbocycles. The minimum absolute atomic E-state index is 0.0791. The van der Waals surface area contributed by atoms with Crippen molar-refractivity contribution in [2.24, 2.45) is 0 Å². The van der Waals surface area contributed by atoms with Crippen LogP contribution >= 0.6 is 0 Å². The normalized spacial score (nSPS) is 18.0. The number of ether oxygens (including phenoxy) is 3. The van der Waals surface area contributed by atoms with E-state index in [2.05, 4.69) is 5.32 Å². The Morgan fingerprint density at radius 1 is 1.30 bits per heavy atom. The van der Waals surface area contributed by atoms with Crippen molar-refractivity contribution in [3.8, 4) is 0 Å². The largest absolute Gasteiger partial charge is 0.488 e. The highest BCUT2D eigenvalue weighted by Gasteiger charge is 2.41. The number of hydrogen-bond acceptors (Lipinski definition) is 5. The zero-order valence-electron chi connectivity index (χ0n) is 12.7. The predicted molar refractivity (Wildman–Crippen MR) is 73.5 cm³/mol. The smallest absolute Gasteiger partial charge is 0.381 e. The first kappa shape index (κ1) is 16.7. The van der Waals surface area contributed by atoms with Gasteiger partial charge in [-0.15, -0.1) is 0 Å². The van der Waals surface area contributed by atoms with E-state index in [1.807, 2.05) is 0 Å². The summed E-state index contributed by atoms with van der Waals surface area (Å²) in [6.45, 7) is 2.78. The molecule has 1 aliphatic heterocycles. The number of rotatable bonds is 4. The van der Waals surface area contributed by atoms with Crippen molar-refractivity contribution in [1.29, 1.82) is 0 Å². The molecule has 1 heterocycles. The molecule has 0 unspecified atom stereocenters. The van der Waals surface area contributed by atoms with Gasteiger partial charge in [-0.1, -0.05) is 6.07 Å². The van der Waals surface area contributed by atoms with E-state index >= 15 is 0 Å². The highest BCUT2D eigenvalue weighted by molar-refractivity contribution is 6.00. The minimum Gasteiger partial charge on any atom is -0.488 e. The fourth-order valence-corrected chi connectivity index (χ4v) is 1.93. The van der Waals surface area contributed by atoms with Crippen LogP contribution in [0.1, 0.15) is 19.4 Å². The van der Waals surface area contributed by atoms with Crippen LogP contribution < -0.4 is 5.32 Å². The van der Waals surface area contributed by atoms with Crippen LogP contribution in [-0.4, -0.2) is 24.8 Å². The molecule has 0 saturated carbocycles. The molecule has 1 aliphatic rings. The van der Waals surface area contributed by atoms with Gasteiger partial charge in [0.15, 0.2) is 0 Å². The number of amides is 1. The maximum Gasteiger partial charge on any atom is 0.381 e. The van der Waals surface area contributed by atoms with Crippen LogP contribution in [0.4, 0.5) is 8.78 Å². The Kier molecular flexibility index (Phi) is 4.53. The summed E-state index contributed by atoms with van der Waals surface area (Å²) in [6.07, 6.45) is 0. The van der Waals surface area contributed by atoms with Crippen molar-refractivity contribution in [3.63, 3.8) is 0 Å². The van der Waals surface area contributed by atoms with Gasteiger partial charge in [0.1, 0.15) is 11.6 Å². The lowest BCUT2D eigenvalue weighted by atomic mass is 10.2. The van der Waals surface area contributed by atoms with E-state index in [0.29, 0.717) is 6.07 Å². The molecule has 1 N–H and O–H groups in total. The van der Waals surface area contributed by atoms with Gasteiger partial charge in [0.2, 0.25) is 11.5 Å². The molecule has 0 aromatic heterocycles. The second-order valence-corrected chi connectivity index (χ2v) is 5.17. The molecule has 23 heavy (non-hydrogen) atoms. The second-order valence-electron chi connectivity index (χ2n) is 5.17. The Balaban J connectivity index is 2.14. The molecule has 1 amide bonds. The average molecular weight is 327 g/mol. The van der Waals surface area contributed by atoms with Crippen LogP contribution in [0.2, 0.25) is 0 Å². The summed E-state index contributed by atoms with van der Waals surface area (Å²) in [5.41, 5.74) is 0.0791. The average Bonchev–Trinajstić information content (AvgIpc) is 2.72. The first-order chi connectivity index (χ1) is 10.7. The third-order valence-electron chi connectivity index (χ3n) is 2.94. The summed E-state index contributed by atoms with van der Waals surface area (Å²) in [6, 6.07) is 2.98. The van der Waals surface area contributed by atoms with Crippen molar-refractivity contribution in [1.82, 2.24) is 5.32 Å². The number of halogens is 2. The molecule has 8 heteroatoms. The van der Waals surface area contributed by atoms with Gasteiger partial charge >= 0.3 is 5.97 Å². The fraction of sp³-hybridized carbons (Fsp3) is 0.333. The number of carbonyl (C=O) groups excluding carboxylic acids is 2. The number of cyclic esters (lactones) is 1. The van der Waals surface area contributed by atoms with E-state index in [-0.39, 0.29) is 23.6 Å². The fourth-order valence-electron chi connectivity index (χ4n) is 1.93. The monoisotopic (exact) mass is 327 g/mol. The van der Waals surface area contributed by atoms with Crippen molar-refractivity contribution in [2.45, 2.75) is 26.2 Å². The predicted octanol–water partition coefficient (Wildman–Crippen LogP) is 1.75. The van der Waals surface area contributed by atoms with E-state index in [1.54, 1.807) is 0 Å². The lowest BCUT2D eigenvalue weighted by molar-refractivity contribution is -0.159. The SMILES string of the molecule is COC(C(=O)NCc1ccc(F)cc1F)=C1OC(C)(C)OC1=O. The zero-order chi connectivity index (χ0) is 17.2. The number of benzene rings is 1. The molecule has 0 atom stereocenters. The summed E-state index contributed by atoms with van der Waals surface area (Å²) >= 11 is 0. The molecule has 0 spiro atoms. The minimum atomic E-state index is -1.21. The van der Waals surface area contributed by atoms with Crippen molar-refractivity contribution in [2.75, 3.05) is 7.11 Å². The number of methoxy groups -OCH3 is 1. The highest BCUT2D eigenvalue weighted by Crippen LogP contribution is 2.28. The van der Waals surface area contributed by atoms with Crippen molar-refractivity contribution < 1.29 is 32.6 Å². The summed E-state index contributed by atoms with van der Waals surface area (Å²) in [5, 5.41) is 2.36. The molecule has 124 valence electrons. The third kappa shape index (κ3) is 3.77.